The number of unbranched alkanes of at least 4 members (excludes halogenated alkanes) is 2. The number of ether oxygens (including phenoxy) is 1. The summed E-state index contributed by atoms with van der Waals surface area (Å²) in [6.45, 7) is 3.64. The first-order chi connectivity index (χ1) is 7.29. The second kappa shape index (κ2) is 7.04. The molecule has 0 unspecified atom stereocenters. The summed E-state index contributed by atoms with van der Waals surface area (Å²) in [4.78, 5) is 10.4. The molecule has 0 spiro atoms. The quantitative estimate of drug-likeness (QED) is 0.527. The third-order valence-corrected chi connectivity index (χ3v) is 2.22. The Labute approximate surface area is 91.3 Å². The molecule has 0 bridgehead atoms. The van der Waals surface area contributed by atoms with E-state index in [1.807, 2.05) is 6.07 Å². The van der Waals surface area contributed by atoms with Gasteiger partial charge < -0.3 is 4.74 Å². The van der Waals surface area contributed by atoms with E-state index in [1.54, 1.807) is 0 Å². The third-order valence-electron chi connectivity index (χ3n) is 2.22. The molecule has 0 saturated carbocycles. The van der Waals surface area contributed by atoms with E-state index in [0.717, 1.165) is 25.7 Å². The van der Waals surface area contributed by atoms with Gasteiger partial charge >= 0.3 is 5.97 Å². The van der Waals surface area contributed by atoms with Crippen molar-refractivity contribution >= 4 is 5.97 Å². The molecular weight excluding hydrogens is 188 g/mol. The second-order valence-corrected chi connectivity index (χ2v) is 3.52. The Kier molecular flexibility index (Phi) is 5.52. The van der Waals surface area contributed by atoms with Gasteiger partial charge in [-0.2, -0.15) is 0 Å². The van der Waals surface area contributed by atoms with Gasteiger partial charge in [-0.3, -0.25) is 4.79 Å². The zero-order chi connectivity index (χ0) is 10.9. The summed E-state index contributed by atoms with van der Waals surface area (Å²) in [5.41, 5.74) is 1.37. The molecule has 81 valence electrons. The summed E-state index contributed by atoms with van der Waals surface area (Å²) in [6.07, 6.45) is 4.24. The minimum absolute atomic E-state index is 0.432. The summed E-state index contributed by atoms with van der Waals surface area (Å²) in [6, 6.07) is 10.4. The van der Waals surface area contributed by atoms with Crippen molar-refractivity contribution in [3.63, 3.8) is 0 Å². The van der Waals surface area contributed by atoms with Gasteiger partial charge in [0.05, 0.1) is 13.5 Å². The van der Waals surface area contributed by atoms with Gasteiger partial charge in [0, 0.05) is 0 Å². The van der Waals surface area contributed by atoms with Crippen molar-refractivity contribution in [2.45, 2.75) is 25.7 Å². The topological polar surface area (TPSA) is 26.3 Å². The number of esters is 1. The molecule has 0 aromatic heterocycles. The number of hydrogen-bond acceptors (Lipinski definition) is 2. The number of aryl methyl sites for hydroxylation is 1. The Balaban J connectivity index is 2.00. The summed E-state index contributed by atoms with van der Waals surface area (Å²) in [7, 11) is 0. The highest BCUT2D eigenvalue weighted by Crippen LogP contribution is 2.06. The molecule has 15 heavy (non-hydrogen) atoms. The number of hydrogen-bond donors (Lipinski definition) is 0. The van der Waals surface area contributed by atoms with Crippen LogP contribution in [-0.4, -0.2) is 12.6 Å². The van der Waals surface area contributed by atoms with Crippen LogP contribution in [0.1, 0.15) is 24.8 Å². The van der Waals surface area contributed by atoms with E-state index in [4.69, 9.17) is 4.74 Å². The Morgan fingerprint density at radius 2 is 1.87 bits per heavy atom. The number of rotatable bonds is 6. The first-order valence-corrected chi connectivity index (χ1v) is 5.31. The van der Waals surface area contributed by atoms with Crippen molar-refractivity contribution < 1.29 is 9.53 Å². The van der Waals surface area contributed by atoms with Crippen LogP contribution < -0.4 is 0 Å². The number of carbonyl (C=O) groups is 1. The molecule has 1 aromatic rings. The molecule has 0 fully saturated rings. The van der Waals surface area contributed by atoms with Crippen molar-refractivity contribution in [1.82, 2.24) is 0 Å². The van der Waals surface area contributed by atoms with Crippen LogP contribution in [0.2, 0.25) is 0 Å². The molecule has 1 aromatic carbocycles. The molecule has 0 saturated heterocycles. The molecule has 0 aliphatic rings. The molecule has 0 heterocycles. The van der Waals surface area contributed by atoms with Crippen LogP contribution in [0, 0.1) is 6.92 Å². The molecule has 2 nitrogen and oxygen atoms in total. The zero-order valence-electron chi connectivity index (χ0n) is 8.95. The van der Waals surface area contributed by atoms with E-state index in [2.05, 4.69) is 31.2 Å². The van der Waals surface area contributed by atoms with Gasteiger partial charge in [-0.05, 0) is 31.2 Å². The van der Waals surface area contributed by atoms with Crippen LogP contribution >= 0.6 is 0 Å². The normalized spacial score (nSPS) is 9.93. The van der Waals surface area contributed by atoms with Crippen LogP contribution in [0.25, 0.3) is 0 Å². The van der Waals surface area contributed by atoms with Gasteiger partial charge in [-0.1, -0.05) is 30.3 Å². The summed E-state index contributed by atoms with van der Waals surface area (Å²) in [5, 5.41) is 0. The fourth-order valence-corrected chi connectivity index (χ4v) is 1.44. The maximum Gasteiger partial charge on any atom is 0.306 e. The van der Waals surface area contributed by atoms with Gasteiger partial charge in [0.15, 0.2) is 0 Å². The van der Waals surface area contributed by atoms with E-state index >= 15 is 0 Å². The Morgan fingerprint density at radius 3 is 2.53 bits per heavy atom. The van der Waals surface area contributed by atoms with Gasteiger partial charge in [0.1, 0.15) is 0 Å². The molecular formula is C13H17O2. The lowest BCUT2D eigenvalue weighted by molar-refractivity contribution is -0.138. The molecule has 2 heteroatoms. The van der Waals surface area contributed by atoms with Crippen molar-refractivity contribution in [3.8, 4) is 0 Å². The highest BCUT2D eigenvalue weighted by Gasteiger charge is 1.94. The van der Waals surface area contributed by atoms with Crippen LogP contribution in [0.4, 0.5) is 0 Å². The average Bonchev–Trinajstić information content (AvgIpc) is 2.24. The van der Waals surface area contributed by atoms with E-state index in [1.165, 1.54) is 5.56 Å². The molecule has 0 aliphatic carbocycles. The maximum absolute atomic E-state index is 10.4. The minimum atomic E-state index is -0.432. The number of benzene rings is 1. The van der Waals surface area contributed by atoms with Crippen molar-refractivity contribution in [1.29, 1.82) is 0 Å². The fourth-order valence-electron chi connectivity index (χ4n) is 1.44. The van der Waals surface area contributed by atoms with Crippen LogP contribution in [0.15, 0.2) is 30.3 Å². The third kappa shape index (κ3) is 5.89. The van der Waals surface area contributed by atoms with Crippen LogP contribution in [-0.2, 0) is 16.0 Å². The first-order valence-electron chi connectivity index (χ1n) is 5.31. The summed E-state index contributed by atoms with van der Waals surface area (Å²) in [5.74, 6) is -0.432. The summed E-state index contributed by atoms with van der Waals surface area (Å²) >= 11 is 0. The Morgan fingerprint density at radius 1 is 1.13 bits per heavy atom. The van der Waals surface area contributed by atoms with Gasteiger partial charge in [-0.15, -0.1) is 0 Å². The van der Waals surface area contributed by atoms with Crippen molar-refractivity contribution in [3.05, 3.63) is 42.8 Å². The van der Waals surface area contributed by atoms with Gasteiger partial charge in [-0.25, -0.2) is 0 Å². The SMILES string of the molecule is [CH2]C(=O)OCCCCCc1ccccc1. The lowest BCUT2D eigenvalue weighted by Crippen LogP contribution is -2.00. The zero-order valence-corrected chi connectivity index (χ0v) is 8.95. The Hall–Kier alpha value is -1.31. The summed E-state index contributed by atoms with van der Waals surface area (Å²) < 4.78 is 4.74. The van der Waals surface area contributed by atoms with E-state index in [-0.39, 0.29) is 0 Å². The van der Waals surface area contributed by atoms with Crippen LogP contribution in [0.5, 0.6) is 0 Å². The van der Waals surface area contributed by atoms with E-state index in [0.29, 0.717) is 6.61 Å². The van der Waals surface area contributed by atoms with E-state index < -0.39 is 5.97 Å². The van der Waals surface area contributed by atoms with Crippen LogP contribution in [0.3, 0.4) is 0 Å². The second-order valence-electron chi connectivity index (χ2n) is 3.52. The predicted octanol–water partition coefficient (Wildman–Crippen LogP) is 2.78. The van der Waals surface area contributed by atoms with Crippen molar-refractivity contribution in [2.75, 3.05) is 6.61 Å². The van der Waals surface area contributed by atoms with E-state index in [9.17, 15) is 4.79 Å². The minimum Gasteiger partial charge on any atom is -0.466 e. The molecule has 0 aliphatic heterocycles. The average molecular weight is 205 g/mol. The standard InChI is InChI=1S/C13H17O2/c1-12(14)15-11-7-3-6-10-13-8-4-2-5-9-13/h2,4-5,8-9H,1,3,6-7,10-11H2. The fraction of sp³-hybridized carbons (Fsp3) is 0.385. The predicted molar refractivity (Wildman–Crippen MR) is 60.3 cm³/mol. The molecule has 0 atom stereocenters. The van der Waals surface area contributed by atoms with Gasteiger partial charge in [0.2, 0.25) is 0 Å². The number of carbonyl (C=O) groups excluding carboxylic acids is 1. The lowest BCUT2D eigenvalue weighted by atomic mass is 10.1. The molecule has 0 amide bonds. The molecule has 0 N–H and O–H groups in total. The monoisotopic (exact) mass is 205 g/mol. The maximum atomic E-state index is 10.4. The van der Waals surface area contributed by atoms with Crippen molar-refractivity contribution in [2.24, 2.45) is 0 Å². The highest BCUT2D eigenvalue weighted by molar-refractivity contribution is 5.73. The van der Waals surface area contributed by atoms with Gasteiger partial charge in [0.25, 0.3) is 0 Å². The smallest absolute Gasteiger partial charge is 0.306 e. The Bertz CT molecular complexity index is 280. The largest absolute Gasteiger partial charge is 0.466 e. The first kappa shape index (κ1) is 11.8. The highest BCUT2D eigenvalue weighted by atomic mass is 16.5. The molecule has 1 radical (unpaired) electrons. The lowest BCUT2D eigenvalue weighted by Gasteiger charge is -2.02. The molecule has 1 rings (SSSR count).